The second kappa shape index (κ2) is 3.04. The predicted octanol–water partition coefficient (Wildman–Crippen LogP) is -0.451. The van der Waals surface area contributed by atoms with E-state index in [2.05, 4.69) is 6.92 Å². The molecule has 0 heterocycles. The number of fused-ring (bicyclic) bond motifs is 2. The Morgan fingerprint density at radius 1 is 1.22 bits per heavy atom. The molecule has 0 nitrogen and oxygen atoms in total. The molecule has 2 aliphatic rings. The van der Waals surface area contributed by atoms with E-state index in [1.54, 1.807) is 0 Å². The van der Waals surface area contributed by atoms with Gasteiger partial charge in [0.15, 0.2) is 0 Å². The first-order valence-electron chi connectivity index (χ1n) is 3.62. The molecule has 0 radical (unpaired) electrons. The molecule has 2 fully saturated rings. The molecule has 0 aromatic heterocycles. The van der Waals surface area contributed by atoms with Gasteiger partial charge in [-0.25, -0.2) is 0 Å². The fourth-order valence-corrected chi connectivity index (χ4v) is 2.16. The van der Waals surface area contributed by atoms with Crippen LogP contribution in [0.15, 0.2) is 0 Å². The third kappa shape index (κ3) is 1.69. The van der Waals surface area contributed by atoms with Crippen molar-refractivity contribution in [3.63, 3.8) is 0 Å². The van der Waals surface area contributed by atoms with E-state index in [9.17, 15) is 0 Å². The van der Waals surface area contributed by atoms with Gasteiger partial charge < -0.3 is 5.92 Å². The molecule has 1 heteroatoms. The molecule has 0 saturated heterocycles. The normalized spacial score (nSPS) is 30.3. The average molecular weight is 195 g/mol. The summed E-state index contributed by atoms with van der Waals surface area (Å²) in [6.45, 7) is 2.44. The van der Waals surface area contributed by atoms with E-state index in [1.807, 2.05) is 5.92 Å². The van der Waals surface area contributed by atoms with Crippen molar-refractivity contribution in [3.8, 4) is 0 Å². The zero-order chi connectivity index (χ0) is 5.61. The van der Waals surface area contributed by atoms with E-state index in [-0.39, 0.29) is 58.2 Å². The fourth-order valence-electron chi connectivity index (χ4n) is 2.16. The SMILES string of the molecule is CC12CC[C-](CC1)C2.[Rb+]. The second-order valence-electron chi connectivity index (χ2n) is 3.74. The largest absolute Gasteiger partial charge is 1.00 e. The molecule has 0 unspecified atom stereocenters. The van der Waals surface area contributed by atoms with Crippen molar-refractivity contribution in [2.24, 2.45) is 5.41 Å². The van der Waals surface area contributed by atoms with Gasteiger partial charge in [-0.1, -0.05) is 25.2 Å². The molecule has 0 atom stereocenters. The molecule has 0 spiro atoms. The van der Waals surface area contributed by atoms with Crippen molar-refractivity contribution in [2.45, 2.75) is 39.0 Å². The smallest absolute Gasteiger partial charge is 0.313 e. The van der Waals surface area contributed by atoms with Crippen LogP contribution in [0.2, 0.25) is 0 Å². The number of rotatable bonds is 0. The number of hydrogen-bond donors (Lipinski definition) is 0. The Morgan fingerprint density at radius 3 is 1.89 bits per heavy atom. The molecule has 46 valence electrons. The van der Waals surface area contributed by atoms with Crippen molar-refractivity contribution in [1.82, 2.24) is 0 Å². The third-order valence-electron chi connectivity index (χ3n) is 2.84. The fraction of sp³-hybridized carbons (Fsp3) is 0.875. The van der Waals surface area contributed by atoms with Crippen LogP contribution in [0.25, 0.3) is 0 Å². The summed E-state index contributed by atoms with van der Waals surface area (Å²) < 4.78 is 0. The van der Waals surface area contributed by atoms with E-state index < -0.39 is 0 Å². The summed E-state index contributed by atoms with van der Waals surface area (Å²) in [6, 6.07) is 0. The molecule has 0 aromatic carbocycles. The van der Waals surface area contributed by atoms with Crippen LogP contribution >= 0.6 is 0 Å². The second-order valence-corrected chi connectivity index (χ2v) is 3.74. The molecule has 9 heavy (non-hydrogen) atoms. The van der Waals surface area contributed by atoms with E-state index in [1.165, 1.54) is 32.1 Å². The zero-order valence-corrected chi connectivity index (χ0v) is 11.5. The van der Waals surface area contributed by atoms with Gasteiger partial charge in [0.25, 0.3) is 0 Å². The Morgan fingerprint density at radius 2 is 1.78 bits per heavy atom. The number of hydrogen-bond acceptors (Lipinski definition) is 0. The van der Waals surface area contributed by atoms with Gasteiger partial charge >= 0.3 is 58.2 Å². The van der Waals surface area contributed by atoms with Gasteiger partial charge in [0.05, 0.1) is 0 Å². The Hall–Kier alpha value is 1.81. The molecule has 0 amide bonds. The van der Waals surface area contributed by atoms with Crippen LogP contribution in [-0.4, -0.2) is 0 Å². The standard InChI is InChI=1S/C8H13.Rb/c1-8-4-2-7(6-8)3-5-8;/h2-6H2,1H3;/q-1;+1. The van der Waals surface area contributed by atoms with E-state index >= 15 is 0 Å². The molecule has 2 saturated carbocycles. The summed E-state index contributed by atoms with van der Waals surface area (Å²) in [4.78, 5) is 0. The molecule has 0 aliphatic heterocycles. The first-order chi connectivity index (χ1) is 3.79. The summed E-state index contributed by atoms with van der Waals surface area (Å²) in [7, 11) is 0. The summed E-state index contributed by atoms with van der Waals surface area (Å²) >= 11 is 0. The minimum Gasteiger partial charge on any atom is -0.313 e. The Labute approximate surface area is 107 Å². The Kier molecular flexibility index (Phi) is 3.01. The van der Waals surface area contributed by atoms with E-state index in [4.69, 9.17) is 0 Å². The van der Waals surface area contributed by atoms with Gasteiger partial charge in [-0.3, -0.25) is 0 Å². The molecular formula is C8H13Rb. The summed E-state index contributed by atoms with van der Waals surface area (Å²) in [6.07, 6.45) is 7.35. The minimum atomic E-state index is 0. The summed E-state index contributed by atoms with van der Waals surface area (Å²) in [5.74, 6) is 1.85. The molecule has 2 rings (SSSR count). The van der Waals surface area contributed by atoms with E-state index in [0.29, 0.717) is 0 Å². The zero-order valence-electron chi connectivity index (χ0n) is 6.54. The van der Waals surface area contributed by atoms with Crippen LogP contribution in [0.3, 0.4) is 0 Å². The Balaban J connectivity index is 0.000000405. The van der Waals surface area contributed by atoms with Crippen molar-refractivity contribution in [2.75, 3.05) is 0 Å². The van der Waals surface area contributed by atoms with Gasteiger partial charge in [0.2, 0.25) is 0 Å². The predicted molar refractivity (Wildman–Crippen MR) is 34.4 cm³/mol. The van der Waals surface area contributed by atoms with Crippen LogP contribution in [0, 0.1) is 11.3 Å². The van der Waals surface area contributed by atoms with Gasteiger partial charge in [0, 0.05) is 0 Å². The summed E-state index contributed by atoms with van der Waals surface area (Å²) in [5.41, 5.74) is 0.773. The topological polar surface area (TPSA) is 0 Å². The quantitative estimate of drug-likeness (QED) is 0.459. The third-order valence-corrected chi connectivity index (χ3v) is 2.84. The van der Waals surface area contributed by atoms with Gasteiger partial charge in [-0.15, -0.1) is 0 Å². The van der Waals surface area contributed by atoms with Crippen LogP contribution in [0.1, 0.15) is 39.0 Å². The average Bonchev–Trinajstić information content (AvgIpc) is 2.21. The maximum absolute atomic E-state index is 2.44. The molecular weight excluding hydrogens is 182 g/mol. The maximum Gasteiger partial charge on any atom is 1.00 e. The van der Waals surface area contributed by atoms with E-state index in [0.717, 1.165) is 5.41 Å². The van der Waals surface area contributed by atoms with Crippen LogP contribution in [0.5, 0.6) is 0 Å². The van der Waals surface area contributed by atoms with Crippen LogP contribution in [-0.2, 0) is 0 Å². The van der Waals surface area contributed by atoms with Crippen molar-refractivity contribution in [3.05, 3.63) is 5.92 Å². The first kappa shape index (κ1) is 8.90. The van der Waals surface area contributed by atoms with Crippen molar-refractivity contribution < 1.29 is 58.2 Å². The molecule has 2 bridgehead atoms. The molecule has 2 aliphatic carbocycles. The van der Waals surface area contributed by atoms with Gasteiger partial charge in [-0.2, -0.15) is 19.3 Å². The monoisotopic (exact) mass is 194 g/mol. The summed E-state index contributed by atoms with van der Waals surface area (Å²) in [5, 5.41) is 0. The van der Waals surface area contributed by atoms with Crippen molar-refractivity contribution >= 4 is 0 Å². The van der Waals surface area contributed by atoms with Crippen LogP contribution < -0.4 is 58.2 Å². The molecule has 0 aromatic rings. The maximum atomic E-state index is 2.44. The van der Waals surface area contributed by atoms with Crippen LogP contribution in [0.4, 0.5) is 0 Å². The van der Waals surface area contributed by atoms with Gasteiger partial charge in [-0.05, 0) is 0 Å². The first-order valence-corrected chi connectivity index (χ1v) is 3.62. The minimum absolute atomic E-state index is 0. The molecule has 0 N–H and O–H groups in total. The Bertz CT molecular complexity index is 101. The van der Waals surface area contributed by atoms with Gasteiger partial charge in [0.1, 0.15) is 0 Å². The van der Waals surface area contributed by atoms with Crippen molar-refractivity contribution in [1.29, 1.82) is 0 Å².